The van der Waals surface area contributed by atoms with Crippen LogP contribution in [0.25, 0.3) is 10.9 Å². The van der Waals surface area contributed by atoms with Crippen molar-refractivity contribution in [1.82, 2.24) is 14.1 Å². The fourth-order valence-electron chi connectivity index (χ4n) is 4.43. The predicted octanol–water partition coefficient (Wildman–Crippen LogP) is 5.18. The Morgan fingerprint density at radius 3 is 2.57 bits per heavy atom. The maximum Gasteiger partial charge on any atom is 0.262 e. The van der Waals surface area contributed by atoms with Crippen LogP contribution < -0.4 is 5.56 Å². The number of benzene rings is 2. The van der Waals surface area contributed by atoms with Gasteiger partial charge in [0, 0.05) is 24.1 Å². The number of carbonyl (C=O) groups excluding carboxylic acids is 1. The highest BCUT2D eigenvalue weighted by Gasteiger charge is 2.20. The minimum absolute atomic E-state index is 0.0327. The summed E-state index contributed by atoms with van der Waals surface area (Å²) in [5.41, 5.74) is 3.71. The van der Waals surface area contributed by atoms with Crippen LogP contribution in [-0.4, -0.2) is 39.4 Å². The summed E-state index contributed by atoms with van der Waals surface area (Å²) < 4.78 is 22.3. The maximum absolute atomic E-state index is 13.4. The van der Waals surface area contributed by atoms with Crippen molar-refractivity contribution in [2.24, 2.45) is 0 Å². The average molecular weight is 494 g/mol. The van der Waals surface area contributed by atoms with Gasteiger partial charge in [-0.3, -0.25) is 14.2 Å². The molecule has 0 spiro atoms. The van der Waals surface area contributed by atoms with Gasteiger partial charge in [0.15, 0.2) is 10.9 Å². The first-order valence-corrected chi connectivity index (χ1v) is 12.4. The molecule has 6 nitrogen and oxygen atoms in total. The molecule has 2 heterocycles. The van der Waals surface area contributed by atoms with Gasteiger partial charge in [0.05, 0.1) is 35.8 Å². The molecule has 0 amide bonds. The highest BCUT2D eigenvalue weighted by atomic mass is 32.2. The van der Waals surface area contributed by atoms with Gasteiger partial charge in [-0.05, 0) is 56.7 Å². The van der Waals surface area contributed by atoms with Crippen LogP contribution in [0.2, 0.25) is 0 Å². The summed E-state index contributed by atoms with van der Waals surface area (Å²) in [5, 5.41) is 0.953. The molecular formula is C27H28FN3O3S. The summed E-state index contributed by atoms with van der Waals surface area (Å²) in [5.74, 6) is -0.234. The number of aromatic nitrogens is 3. The van der Waals surface area contributed by atoms with Gasteiger partial charge in [-0.15, -0.1) is 0 Å². The summed E-state index contributed by atoms with van der Waals surface area (Å²) in [6.07, 6.45) is 0. The topological polar surface area (TPSA) is 66.1 Å². The molecule has 35 heavy (non-hydrogen) atoms. The summed E-state index contributed by atoms with van der Waals surface area (Å²) in [6, 6.07) is 15.2. The van der Waals surface area contributed by atoms with Gasteiger partial charge in [-0.1, -0.05) is 36.0 Å². The fourth-order valence-corrected chi connectivity index (χ4v) is 5.31. The van der Waals surface area contributed by atoms with Gasteiger partial charge in [0.2, 0.25) is 0 Å². The van der Waals surface area contributed by atoms with Crippen LogP contribution in [0.3, 0.4) is 0 Å². The molecule has 0 fully saturated rings. The van der Waals surface area contributed by atoms with Crippen molar-refractivity contribution in [3.05, 3.63) is 93.3 Å². The van der Waals surface area contributed by atoms with E-state index >= 15 is 0 Å². The first kappa shape index (κ1) is 24.9. The molecule has 0 saturated carbocycles. The molecule has 0 bridgehead atoms. The third-order valence-electron chi connectivity index (χ3n) is 6.05. The van der Waals surface area contributed by atoms with Crippen molar-refractivity contribution in [3.63, 3.8) is 0 Å². The lowest BCUT2D eigenvalue weighted by molar-refractivity contribution is 0.102. The molecule has 4 aromatic rings. The summed E-state index contributed by atoms with van der Waals surface area (Å²) in [7, 11) is 1.66. The number of ether oxygens (including phenoxy) is 1. The van der Waals surface area contributed by atoms with Crippen molar-refractivity contribution in [2.45, 2.75) is 38.5 Å². The Morgan fingerprint density at radius 1 is 1.14 bits per heavy atom. The molecule has 8 heteroatoms. The summed E-state index contributed by atoms with van der Waals surface area (Å²) in [6.45, 7) is 6.76. The Kier molecular flexibility index (Phi) is 7.52. The first-order valence-electron chi connectivity index (χ1n) is 11.4. The number of thioether (sulfide) groups is 1. The molecule has 0 saturated heterocycles. The lowest BCUT2D eigenvalue weighted by Gasteiger charge is -2.17. The number of fused-ring (bicyclic) bond motifs is 1. The van der Waals surface area contributed by atoms with E-state index in [1.807, 2.05) is 26.0 Å². The standard InChI is InChI=1S/C27H28FN3O3S/c1-17-13-23(19(3)31(17)18(2)15-34-4)25(32)16-35-27-29-24-8-6-5-7-22(24)26(33)30(27)14-20-9-11-21(28)12-10-20/h5-13,18H,14-16H2,1-4H3. The number of hydrogen-bond donors (Lipinski definition) is 0. The molecule has 0 aliphatic rings. The Labute approximate surface area is 207 Å². The molecule has 0 aliphatic heterocycles. The van der Waals surface area contributed by atoms with Crippen molar-refractivity contribution in [3.8, 4) is 0 Å². The van der Waals surface area contributed by atoms with E-state index in [1.54, 1.807) is 42.0 Å². The number of ketones is 1. The molecule has 0 N–H and O–H groups in total. The second kappa shape index (κ2) is 10.6. The number of hydrogen-bond acceptors (Lipinski definition) is 5. The SMILES string of the molecule is COCC(C)n1c(C)cc(C(=O)CSc2nc3ccccc3c(=O)n2Cc2ccc(F)cc2)c1C. The van der Waals surface area contributed by atoms with Crippen molar-refractivity contribution in [2.75, 3.05) is 19.5 Å². The normalized spacial score (nSPS) is 12.3. The highest BCUT2D eigenvalue weighted by Crippen LogP contribution is 2.25. The van der Waals surface area contributed by atoms with Crippen LogP contribution in [0, 0.1) is 19.7 Å². The van der Waals surface area contributed by atoms with Crippen LogP contribution in [0.1, 0.15) is 40.3 Å². The van der Waals surface area contributed by atoms with Crippen molar-refractivity contribution in [1.29, 1.82) is 0 Å². The number of nitrogens with zero attached hydrogens (tertiary/aromatic N) is 3. The Morgan fingerprint density at radius 2 is 1.86 bits per heavy atom. The zero-order chi connectivity index (χ0) is 25.1. The molecule has 182 valence electrons. The number of methoxy groups -OCH3 is 1. The third kappa shape index (κ3) is 5.23. The number of rotatable bonds is 9. The van der Waals surface area contributed by atoms with Gasteiger partial charge in [-0.2, -0.15) is 0 Å². The van der Waals surface area contributed by atoms with Crippen LogP contribution in [0.4, 0.5) is 4.39 Å². The smallest absolute Gasteiger partial charge is 0.262 e. The summed E-state index contributed by atoms with van der Waals surface area (Å²) in [4.78, 5) is 31.2. The van der Waals surface area contributed by atoms with Gasteiger partial charge >= 0.3 is 0 Å². The molecule has 2 aromatic carbocycles. The maximum atomic E-state index is 13.4. The van der Waals surface area contributed by atoms with E-state index in [2.05, 4.69) is 11.5 Å². The largest absolute Gasteiger partial charge is 0.383 e. The van der Waals surface area contributed by atoms with Crippen LogP contribution >= 0.6 is 11.8 Å². The van der Waals surface area contributed by atoms with E-state index in [-0.39, 0.29) is 35.5 Å². The zero-order valence-electron chi connectivity index (χ0n) is 20.2. The van der Waals surface area contributed by atoms with E-state index in [1.165, 1.54) is 23.9 Å². The van der Waals surface area contributed by atoms with E-state index in [0.717, 1.165) is 17.0 Å². The van der Waals surface area contributed by atoms with Gasteiger partial charge < -0.3 is 9.30 Å². The van der Waals surface area contributed by atoms with Crippen LogP contribution in [0.5, 0.6) is 0 Å². The van der Waals surface area contributed by atoms with Crippen molar-refractivity contribution < 1.29 is 13.9 Å². The predicted molar refractivity (Wildman–Crippen MR) is 137 cm³/mol. The van der Waals surface area contributed by atoms with Crippen LogP contribution in [-0.2, 0) is 11.3 Å². The Balaban J connectivity index is 1.65. The van der Waals surface area contributed by atoms with Gasteiger partial charge in [0.1, 0.15) is 5.82 Å². The minimum atomic E-state index is -0.338. The lowest BCUT2D eigenvalue weighted by Crippen LogP contribution is -2.24. The lowest BCUT2D eigenvalue weighted by atomic mass is 10.2. The van der Waals surface area contributed by atoms with Gasteiger partial charge in [-0.25, -0.2) is 9.37 Å². The zero-order valence-corrected chi connectivity index (χ0v) is 21.1. The third-order valence-corrected chi connectivity index (χ3v) is 7.02. The second-order valence-electron chi connectivity index (χ2n) is 8.60. The molecule has 1 unspecified atom stereocenters. The number of Topliss-reactive ketones (excluding diaryl/α,β-unsaturated/α-hetero) is 1. The number of para-hydroxylation sites is 1. The molecular weight excluding hydrogens is 465 g/mol. The molecule has 2 aromatic heterocycles. The second-order valence-corrected chi connectivity index (χ2v) is 9.54. The van der Waals surface area contributed by atoms with E-state index in [9.17, 15) is 14.0 Å². The summed E-state index contributed by atoms with van der Waals surface area (Å²) >= 11 is 1.24. The van der Waals surface area contributed by atoms with E-state index in [0.29, 0.717) is 28.2 Å². The highest BCUT2D eigenvalue weighted by molar-refractivity contribution is 7.99. The number of halogens is 1. The average Bonchev–Trinajstić information content (AvgIpc) is 3.15. The minimum Gasteiger partial charge on any atom is -0.383 e. The van der Waals surface area contributed by atoms with E-state index in [4.69, 9.17) is 9.72 Å². The Bertz CT molecular complexity index is 1430. The number of carbonyl (C=O) groups is 1. The molecule has 0 aliphatic carbocycles. The molecule has 1 atom stereocenters. The quantitative estimate of drug-likeness (QED) is 0.183. The molecule has 0 radical (unpaired) electrons. The fraction of sp³-hybridized carbons (Fsp3) is 0.296. The monoisotopic (exact) mass is 493 g/mol. The van der Waals surface area contributed by atoms with Gasteiger partial charge in [0.25, 0.3) is 5.56 Å². The van der Waals surface area contributed by atoms with E-state index < -0.39 is 0 Å². The van der Waals surface area contributed by atoms with Crippen LogP contribution in [0.15, 0.2) is 64.5 Å². The first-order chi connectivity index (χ1) is 16.8. The van der Waals surface area contributed by atoms with Crippen molar-refractivity contribution >= 4 is 28.4 Å². The number of aryl methyl sites for hydroxylation is 1. The Hall–Kier alpha value is -3.23. The molecule has 4 rings (SSSR count).